The summed E-state index contributed by atoms with van der Waals surface area (Å²) in [6.45, 7) is 0. The van der Waals surface area contributed by atoms with Crippen LogP contribution in [0.4, 0.5) is 11.4 Å². The number of carbonyl (C=O) groups is 4. The molecule has 0 aliphatic heterocycles. The Hall–Kier alpha value is -4.68. The van der Waals surface area contributed by atoms with Gasteiger partial charge in [0.05, 0.1) is 30.0 Å². The van der Waals surface area contributed by atoms with E-state index < -0.39 is 39.7 Å². The van der Waals surface area contributed by atoms with Gasteiger partial charge >= 0.3 is 11.9 Å². The third-order valence-electron chi connectivity index (χ3n) is 5.79. The maximum Gasteiger partial charge on any atom is 0.328 e. The number of carbonyl (C=O) groups excluding carboxylic acids is 4. The zero-order valence-corrected chi connectivity index (χ0v) is 20.8. The van der Waals surface area contributed by atoms with Gasteiger partial charge < -0.3 is 14.8 Å². The van der Waals surface area contributed by atoms with Gasteiger partial charge in [0, 0.05) is 41.8 Å². The van der Waals surface area contributed by atoms with Gasteiger partial charge in [-0.05, 0) is 37.1 Å². The molecule has 0 aromatic heterocycles. The lowest BCUT2D eigenvalue weighted by atomic mass is 9.92. The molecule has 2 rings (SSSR count). The van der Waals surface area contributed by atoms with Crippen LogP contribution in [0.2, 0.25) is 0 Å². The molecule has 0 aliphatic carbocycles. The SMILES string of the molecule is COC(=O)[C@H](CCCC[C@H](NC(=O)c1ccc([N+](=O)[O-])cc1)C(=O)OC)CC(=O)c1ccc([N+](=O)[O-])cc1. The Morgan fingerprint density at radius 3 is 1.71 bits per heavy atom. The molecule has 1 amide bonds. The number of nitrogens with zero attached hydrogens (tertiary/aromatic N) is 2. The average molecular weight is 530 g/mol. The van der Waals surface area contributed by atoms with Crippen LogP contribution >= 0.6 is 0 Å². The molecule has 2 aromatic carbocycles. The fraction of sp³-hybridized carbons (Fsp3) is 0.360. The highest BCUT2D eigenvalue weighted by molar-refractivity contribution is 5.98. The first-order valence-electron chi connectivity index (χ1n) is 11.6. The lowest BCUT2D eigenvalue weighted by molar-refractivity contribution is -0.385. The van der Waals surface area contributed by atoms with Gasteiger partial charge in [0.15, 0.2) is 5.78 Å². The number of rotatable bonds is 14. The Balaban J connectivity index is 1.95. The van der Waals surface area contributed by atoms with E-state index >= 15 is 0 Å². The molecule has 202 valence electrons. The number of hydrogen-bond acceptors (Lipinski definition) is 10. The molecule has 13 nitrogen and oxygen atoms in total. The van der Waals surface area contributed by atoms with Gasteiger partial charge in [0.2, 0.25) is 0 Å². The van der Waals surface area contributed by atoms with Gasteiger partial charge in [-0.15, -0.1) is 0 Å². The molecule has 13 heteroatoms. The largest absolute Gasteiger partial charge is 0.469 e. The Bertz CT molecular complexity index is 1090. The number of unbranched alkanes of at least 4 members (excludes halogenated alkanes) is 1. The average Bonchev–Trinajstić information content (AvgIpc) is 2.92. The van der Waals surface area contributed by atoms with Gasteiger partial charge in [0.25, 0.3) is 17.3 Å². The van der Waals surface area contributed by atoms with E-state index in [1.807, 2.05) is 0 Å². The molecule has 38 heavy (non-hydrogen) atoms. The number of nitro groups is 2. The van der Waals surface area contributed by atoms with E-state index in [-0.39, 0.29) is 47.5 Å². The van der Waals surface area contributed by atoms with Crippen LogP contribution in [-0.4, -0.2) is 53.7 Å². The first-order chi connectivity index (χ1) is 18.1. The molecule has 0 radical (unpaired) electrons. The van der Waals surface area contributed by atoms with Crippen LogP contribution in [0.15, 0.2) is 48.5 Å². The van der Waals surface area contributed by atoms with Gasteiger partial charge in [-0.25, -0.2) is 4.79 Å². The second-order valence-corrected chi connectivity index (χ2v) is 8.29. The summed E-state index contributed by atoms with van der Waals surface area (Å²) < 4.78 is 9.56. The van der Waals surface area contributed by atoms with E-state index in [9.17, 15) is 39.4 Å². The van der Waals surface area contributed by atoms with Crippen LogP contribution in [0, 0.1) is 26.1 Å². The fourth-order valence-corrected chi connectivity index (χ4v) is 3.69. The molecule has 0 spiro atoms. The molecule has 0 bridgehead atoms. The lowest BCUT2D eigenvalue weighted by Crippen LogP contribution is -2.41. The maximum absolute atomic E-state index is 12.6. The summed E-state index contributed by atoms with van der Waals surface area (Å²) in [6, 6.07) is 8.94. The Labute approximate surface area is 217 Å². The second-order valence-electron chi connectivity index (χ2n) is 8.29. The molecule has 2 aromatic rings. The molecule has 0 aliphatic rings. The number of Topliss-reactive ketones (excluding diaryl/α,β-unsaturated/α-hetero) is 1. The molecule has 0 saturated heterocycles. The topological polar surface area (TPSA) is 185 Å². The number of hydrogen-bond donors (Lipinski definition) is 1. The van der Waals surface area contributed by atoms with Crippen molar-refractivity contribution < 1.29 is 38.5 Å². The summed E-state index contributed by atoms with van der Waals surface area (Å²) in [4.78, 5) is 70.0. The van der Waals surface area contributed by atoms with Crippen molar-refractivity contribution in [2.75, 3.05) is 14.2 Å². The number of non-ortho nitro benzene ring substituents is 2. The van der Waals surface area contributed by atoms with Gasteiger partial charge in [-0.1, -0.05) is 12.8 Å². The molecular weight excluding hydrogens is 502 g/mol. The predicted molar refractivity (Wildman–Crippen MR) is 132 cm³/mol. The number of benzene rings is 2. The van der Waals surface area contributed by atoms with Gasteiger partial charge in [-0.2, -0.15) is 0 Å². The summed E-state index contributed by atoms with van der Waals surface area (Å²) in [5.41, 5.74) is 0.00872. The fourth-order valence-electron chi connectivity index (χ4n) is 3.69. The third-order valence-corrected chi connectivity index (χ3v) is 5.79. The minimum absolute atomic E-state index is 0.125. The smallest absolute Gasteiger partial charge is 0.328 e. The normalized spacial score (nSPS) is 12.1. The summed E-state index contributed by atoms with van der Waals surface area (Å²) >= 11 is 0. The van der Waals surface area contributed by atoms with Crippen LogP contribution in [0.3, 0.4) is 0 Å². The van der Waals surface area contributed by atoms with Crippen LogP contribution < -0.4 is 5.32 Å². The molecule has 0 saturated carbocycles. The number of methoxy groups -OCH3 is 2. The number of ketones is 1. The van der Waals surface area contributed by atoms with E-state index in [1.165, 1.54) is 62.8 Å². The Kier molecular flexibility index (Phi) is 11.0. The van der Waals surface area contributed by atoms with Crippen molar-refractivity contribution in [3.63, 3.8) is 0 Å². The predicted octanol–water partition coefficient (Wildman–Crippen LogP) is 3.40. The zero-order chi connectivity index (χ0) is 28.2. The minimum atomic E-state index is -0.999. The molecule has 2 atom stereocenters. The zero-order valence-electron chi connectivity index (χ0n) is 20.8. The van der Waals surface area contributed by atoms with Crippen molar-refractivity contribution >= 4 is 35.0 Å². The van der Waals surface area contributed by atoms with Crippen LogP contribution in [0.25, 0.3) is 0 Å². The van der Waals surface area contributed by atoms with E-state index in [0.717, 1.165) is 0 Å². The first kappa shape index (κ1) is 29.5. The van der Waals surface area contributed by atoms with Crippen molar-refractivity contribution in [2.45, 2.75) is 38.1 Å². The Morgan fingerprint density at radius 2 is 1.24 bits per heavy atom. The number of ether oxygens (including phenoxy) is 2. The lowest BCUT2D eigenvalue weighted by Gasteiger charge is -2.18. The Morgan fingerprint density at radius 1 is 0.763 bits per heavy atom. The highest BCUT2D eigenvalue weighted by atomic mass is 16.6. The molecule has 0 fully saturated rings. The first-order valence-corrected chi connectivity index (χ1v) is 11.6. The van der Waals surface area contributed by atoms with Gasteiger partial charge in [-0.3, -0.25) is 34.6 Å². The number of esters is 2. The quantitative estimate of drug-likeness (QED) is 0.125. The van der Waals surface area contributed by atoms with Crippen LogP contribution in [0.5, 0.6) is 0 Å². The van der Waals surface area contributed by atoms with Crippen molar-refractivity contribution in [1.29, 1.82) is 0 Å². The monoisotopic (exact) mass is 529 g/mol. The highest BCUT2D eigenvalue weighted by Gasteiger charge is 2.25. The third kappa shape index (κ3) is 8.47. The molecular formula is C25H27N3O10. The standard InChI is InChI=1S/C25H27N3O10/c1-37-24(31)18(15-22(29)16-7-11-19(12-8-16)27(33)34)5-3-4-6-21(25(32)38-2)26-23(30)17-9-13-20(14-10-17)28(35)36/h7-14,18,21H,3-6,15H2,1-2H3,(H,26,30)/t18-,21+/m1/s1. The summed E-state index contributed by atoms with van der Waals surface area (Å²) in [7, 11) is 2.37. The van der Waals surface area contributed by atoms with E-state index in [1.54, 1.807) is 0 Å². The van der Waals surface area contributed by atoms with Crippen molar-refractivity contribution in [2.24, 2.45) is 5.92 Å². The maximum atomic E-state index is 12.6. The van der Waals surface area contributed by atoms with Gasteiger partial charge in [0.1, 0.15) is 6.04 Å². The molecule has 0 unspecified atom stereocenters. The van der Waals surface area contributed by atoms with E-state index in [0.29, 0.717) is 12.8 Å². The summed E-state index contributed by atoms with van der Waals surface area (Å²) in [5.74, 6) is -3.03. The van der Waals surface area contributed by atoms with Crippen molar-refractivity contribution in [1.82, 2.24) is 5.32 Å². The van der Waals surface area contributed by atoms with Crippen molar-refractivity contribution in [3.8, 4) is 0 Å². The van der Waals surface area contributed by atoms with Crippen LogP contribution in [-0.2, 0) is 19.1 Å². The number of nitro benzene ring substituents is 2. The van der Waals surface area contributed by atoms with Crippen LogP contribution in [0.1, 0.15) is 52.8 Å². The van der Waals surface area contributed by atoms with E-state index in [2.05, 4.69) is 5.32 Å². The summed E-state index contributed by atoms with van der Waals surface area (Å²) in [5, 5.41) is 24.1. The highest BCUT2D eigenvalue weighted by Crippen LogP contribution is 2.21. The number of nitrogens with one attached hydrogen (secondary N) is 1. The second kappa shape index (κ2) is 14.2. The minimum Gasteiger partial charge on any atom is -0.469 e. The molecule has 1 N–H and O–H groups in total. The number of amides is 1. The molecule has 0 heterocycles. The van der Waals surface area contributed by atoms with E-state index in [4.69, 9.17) is 9.47 Å². The summed E-state index contributed by atoms with van der Waals surface area (Å²) in [6.07, 6.45) is 1.07. The van der Waals surface area contributed by atoms with Crippen molar-refractivity contribution in [3.05, 3.63) is 79.9 Å².